The van der Waals surface area contributed by atoms with Crippen LogP contribution < -0.4 is 16.4 Å². The van der Waals surface area contributed by atoms with Crippen molar-refractivity contribution in [1.82, 2.24) is 15.5 Å². The number of rotatable bonds is 9. The van der Waals surface area contributed by atoms with Crippen LogP contribution in [0.5, 0.6) is 0 Å². The summed E-state index contributed by atoms with van der Waals surface area (Å²) in [5, 5.41) is 23.1. The quantitative estimate of drug-likeness (QED) is 0.313. The average Bonchev–Trinajstić information content (AvgIpc) is 3.06. The van der Waals surface area contributed by atoms with E-state index in [1.165, 1.54) is 4.90 Å². The Labute approximate surface area is 152 Å². The summed E-state index contributed by atoms with van der Waals surface area (Å²) in [4.78, 5) is 48.4. The van der Waals surface area contributed by atoms with Crippen LogP contribution in [-0.4, -0.2) is 76.6 Å². The molecular weight excluding hydrogens is 344 g/mol. The van der Waals surface area contributed by atoms with E-state index in [1.54, 1.807) is 0 Å². The lowest BCUT2D eigenvalue weighted by Crippen LogP contribution is -2.55. The molecule has 0 saturated carbocycles. The van der Waals surface area contributed by atoms with Gasteiger partial charge in [-0.3, -0.25) is 14.4 Å². The highest BCUT2D eigenvalue weighted by Crippen LogP contribution is 2.17. The molecule has 6 N–H and O–H groups in total. The monoisotopic (exact) mass is 372 g/mol. The molecule has 0 aliphatic carbocycles. The zero-order chi connectivity index (χ0) is 19.9. The molecule has 1 heterocycles. The zero-order valence-electron chi connectivity index (χ0n) is 15.1. The number of carboxylic acids is 1. The highest BCUT2D eigenvalue weighted by molar-refractivity contribution is 5.92. The Morgan fingerprint density at radius 2 is 1.88 bits per heavy atom. The Kier molecular flexibility index (Phi) is 8.46. The second-order valence-corrected chi connectivity index (χ2v) is 6.78. The van der Waals surface area contributed by atoms with Crippen molar-refractivity contribution in [2.45, 2.75) is 51.2 Å². The SMILES string of the molecule is CC(C)CC(N)C(=O)NC(CO)C(=O)NCC(=O)N1CCCC1C(=O)O. The summed E-state index contributed by atoms with van der Waals surface area (Å²) >= 11 is 0. The fourth-order valence-electron chi connectivity index (χ4n) is 2.80. The first-order valence-electron chi connectivity index (χ1n) is 8.64. The van der Waals surface area contributed by atoms with Crippen LogP contribution in [0.1, 0.15) is 33.1 Å². The number of aliphatic carboxylic acids is 1. The first-order valence-corrected chi connectivity index (χ1v) is 8.64. The number of aliphatic hydroxyl groups is 1. The molecule has 1 saturated heterocycles. The number of carbonyl (C=O) groups is 4. The van der Waals surface area contributed by atoms with Gasteiger partial charge in [-0.2, -0.15) is 0 Å². The normalized spacial score (nSPS) is 19.1. The Hall–Kier alpha value is -2.20. The topological polar surface area (TPSA) is 162 Å². The highest BCUT2D eigenvalue weighted by Gasteiger charge is 2.34. The fourth-order valence-corrected chi connectivity index (χ4v) is 2.80. The molecule has 0 spiro atoms. The van der Waals surface area contributed by atoms with Crippen molar-refractivity contribution in [1.29, 1.82) is 0 Å². The minimum absolute atomic E-state index is 0.192. The van der Waals surface area contributed by atoms with Crippen LogP contribution in [0.4, 0.5) is 0 Å². The van der Waals surface area contributed by atoms with Gasteiger partial charge in [-0.05, 0) is 25.2 Å². The van der Waals surface area contributed by atoms with Gasteiger partial charge >= 0.3 is 5.97 Å². The summed E-state index contributed by atoms with van der Waals surface area (Å²) < 4.78 is 0. The van der Waals surface area contributed by atoms with Gasteiger partial charge in [0.25, 0.3) is 0 Å². The van der Waals surface area contributed by atoms with E-state index < -0.39 is 55.0 Å². The standard InChI is InChI=1S/C16H28N4O6/c1-9(2)6-10(17)14(23)19-11(8-21)15(24)18-7-13(22)20-5-3-4-12(20)16(25)26/h9-12,21H,3-8,17H2,1-2H3,(H,18,24)(H,19,23)(H,25,26). The van der Waals surface area contributed by atoms with Crippen molar-refractivity contribution in [2.75, 3.05) is 19.7 Å². The molecule has 148 valence electrons. The maximum atomic E-state index is 12.1. The molecular formula is C16H28N4O6. The number of carbonyl (C=O) groups excluding carboxylic acids is 3. The molecule has 0 bridgehead atoms. The lowest BCUT2D eigenvalue weighted by Gasteiger charge is -2.23. The summed E-state index contributed by atoms with van der Waals surface area (Å²) in [6.07, 6.45) is 1.38. The second kappa shape index (κ2) is 10.1. The molecule has 0 aromatic carbocycles. The smallest absolute Gasteiger partial charge is 0.326 e. The van der Waals surface area contributed by atoms with Crippen LogP contribution in [0.15, 0.2) is 0 Å². The molecule has 0 radical (unpaired) electrons. The van der Waals surface area contributed by atoms with E-state index in [1.807, 2.05) is 13.8 Å². The van der Waals surface area contributed by atoms with Crippen LogP contribution in [-0.2, 0) is 19.2 Å². The molecule has 3 amide bonds. The zero-order valence-corrected chi connectivity index (χ0v) is 15.1. The molecule has 10 nitrogen and oxygen atoms in total. The number of nitrogens with two attached hydrogens (primary N) is 1. The number of amides is 3. The maximum absolute atomic E-state index is 12.1. The van der Waals surface area contributed by atoms with Crippen LogP contribution >= 0.6 is 0 Å². The van der Waals surface area contributed by atoms with Crippen molar-refractivity contribution < 1.29 is 29.4 Å². The number of aliphatic hydroxyl groups excluding tert-OH is 1. The summed E-state index contributed by atoms with van der Waals surface area (Å²) in [5.41, 5.74) is 5.73. The maximum Gasteiger partial charge on any atom is 0.326 e. The number of carboxylic acid groups (broad SMARTS) is 1. The summed E-state index contributed by atoms with van der Waals surface area (Å²) in [6, 6.07) is -2.93. The van der Waals surface area contributed by atoms with Crippen molar-refractivity contribution in [3.63, 3.8) is 0 Å². The molecule has 26 heavy (non-hydrogen) atoms. The summed E-state index contributed by atoms with van der Waals surface area (Å²) in [6.45, 7) is 3.06. The van der Waals surface area contributed by atoms with Crippen molar-refractivity contribution in [2.24, 2.45) is 11.7 Å². The van der Waals surface area contributed by atoms with Gasteiger partial charge in [0.15, 0.2) is 0 Å². The fraction of sp³-hybridized carbons (Fsp3) is 0.750. The number of nitrogens with one attached hydrogen (secondary N) is 2. The molecule has 0 aromatic rings. The second-order valence-electron chi connectivity index (χ2n) is 6.78. The Balaban J connectivity index is 2.52. The van der Waals surface area contributed by atoms with Gasteiger partial charge in [-0.1, -0.05) is 13.8 Å². The van der Waals surface area contributed by atoms with Crippen molar-refractivity contribution in [3.05, 3.63) is 0 Å². The predicted octanol–water partition coefficient (Wildman–Crippen LogP) is -1.97. The summed E-state index contributed by atoms with van der Waals surface area (Å²) in [7, 11) is 0. The Morgan fingerprint density at radius 3 is 2.42 bits per heavy atom. The van der Waals surface area contributed by atoms with Gasteiger partial charge < -0.3 is 31.5 Å². The average molecular weight is 372 g/mol. The van der Waals surface area contributed by atoms with E-state index in [2.05, 4.69) is 10.6 Å². The largest absolute Gasteiger partial charge is 0.480 e. The lowest BCUT2D eigenvalue weighted by atomic mass is 10.0. The molecule has 3 unspecified atom stereocenters. The Bertz CT molecular complexity index is 539. The van der Waals surface area contributed by atoms with Gasteiger partial charge in [0, 0.05) is 6.54 Å². The Morgan fingerprint density at radius 1 is 1.23 bits per heavy atom. The first kappa shape index (κ1) is 21.8. The minimum Gasteiger partial charge on any atom is -0.480 e. The molecule has 1 aliphatic rings. The molecule has 10 heteroatoms. The van der Waals surface area contributed by atoms with Gasteiger partial charge in [0.1, 0.15) is 12.1 Å². The van der Waals surface area contributed by atoms with Crippen LogP contribution in [0.2, 0.25) is 0 Å². The van der Waals surface area contributed by atoms with E-state index in [-0.39, 0.29) is 5.92 Å². The third-order valence-electron chi connectivity index (χ3n) is 4.15. The first-order chi connectivity index (χ1) is 12.2. The highest BCUT2D eigenvalue weighted by atomic mass is 16.4. The predicted molar refractivity (Wildman–Crippen MR) is 91.8 cm³/mol. The van der Waals surface area contributed by atoms with Gasteiger partial charge in [0.2, 0.25) is 17.7 Å². The van der Waals surface area contributed by atoms with E-state index in [0.29, 0.717) is 25.8 Å². The number of hydrogen-bond donors (Lipinski definition) is 5. The molecule has 3 atom stereocenters. The van der Waals surface area contributed by atoms with Crippen LogP contribution in [0, 0.1) is 5.92 Å². The number of hydrogen-bond acceptors (Lipinski definition) is 6. The van der Waals surface area contributed by atoms with E-state index >= 15 is 0 Å². The summed E-state index contributed by atoms with van der Waals surface area (Å²) in [5.74, 6) is -2.72. The van der Waals surface area contributed by atoms with Crippen LogP contribution in [0.25, 0.3) is 0 Å². The molecule has 1 fully saturated rings. The number of likely N-dealkylation sites (tertiary alicyclic amines) is 1. The van der Waals surface area contributed by atoms with Gasteiger partial charge in [0.05, 0.1) is 19.2 Å². The van der Waals surface area contributed by atoms with Crippen LogP contribution in [0.3, 0.4) is 0 Å². The lowest BCUT2D eigenvalue weighted by molar-refractivity contribution is -0.148. The molecule has 1 rings (SSSR count). The van der Waals surface area contributed by atoms with Gasteiger partial charge in [-0.15, -0.1) is 0 Å². The molecule has 0 aromatic heterocycles. The number of nitrogens with zero attached hydrogens (tertiary/aromatic N) is 1. The van der Waals surface area contributed by atoms with E-state index in [0.717, 1.165) is 0 Å². The van der Waals surface area contributed by atoms with Gasteiger partial charge in [-0.25, -0.2) is 4.79 Å². The van der Waals surface area contributed by atoms with E-state index in [9.17, 15) is 24.3 Å². The third kappa shape index (κ3) is 6.26. The third-order valence-corrected chi connectivity index (χ3v) is 4.15. The van der Waals surface area contributed by atoms with Crippen molar-refractivity contribution in [3.8, 4) is 0 Å². The van der Waals surface area contributed by atoms with Crippen molar-refractivity contribution >= 4 is 23.7 Å². The minimum atomic E-state index is -1.23. The molecule has 1 aliphatic heterocycles. The van der Waals surface area contributed by atoms with E-state index in [4.69, 9.17) is 10.8 Å².